The molecule has 0 unspecified atom stereocenters. The van der Waals surface area contributed by atoms with Crippen molar-refractivity contribution >= 4 is 27.5 Å². The highest BCUT2D eigenvalue weighted by atomic mass is 32.2. The van der Waals surface area contributed by atoms with Crippen LogP contribution in [0, 0.1) is 10.1 Å². The van der Waals surface area contributed by atoms with Crippen molar-refractivity contribution in [2.75, 3.05) is 36.5 Å². The predicted molar refractivity (Wildman–Crippen MR) is 74.2 cm³/mol. The fourth-order valence-electron chi connectivity index (χ4n) is 1.36. The van der Waals surface area contributed by atoms with Gasteiger partial charge in [-0.15, -0.1) is 0 Å². The molecule has 20 heavy (non-hydrogen) atoms. The molecule has 10 nitrogen and oxygen atoms in total. The third-order valence-corrected chi connectivity index (χ3v) is 3.69. The maximum atomic E-state index is 11.4. The second-order valence-electron chi connectivity index (χ2n) is 3.68. The zero-order chi connectivity index (χ0) is 15.2. The fraction of sp³-hybridized carbons (Fsp3) is 0.556. The van der Waals surface area contributed by atoms with Crippen LogP contribution in [0.4, 0.5) is 17.5 Å². The van der Waals surface area contributed by atoms with Crippen molar-refractivity contribution in [2.24, 2.45) is 0 Å². The molecule has 1 aromatic heterocycles. The van der Waals surface area contributed by atoms with Gasteiger partial charge in [0, 0.05) is 20.1 Å². The van der Waals surface area contributed by atoms with E-state index < -0.39 is 14.9 Å². The molecule has 0 fully saturated rings. The van der Waals surface area contributed by atoms with Crippen molar-refractivity contribution in [1.82, 2.24) is 14.7 Å². The lowest BCUT2D eigenvalue weighted by Crippen LogP contribution is -2.29. The Morgan fingerprint density at radius 1 is 1.45 bits per heavy atom. The van der Waals surface area contributed by atoms with E-state index in [-0.39, 0.29) is 29.8 Å². The maximum absolute atomic E-state index is 11.4. The zero-order valence-corrected chi connectivity index (χ0v) is 11.9. The second kappa shape index (κ2) is 6.96. The van der Waals surface area contributed by atoms with Gasteiger partial charge in [-0.3, -0.25) is 10.1 Å². The van der Waals surface area contributed by atoms with Crippen molar-refractivity contribution in [3.05, 3.63) is 16.3 Å². The number of rotatable bonds is 8. The molecule has 0 spiro atoms. The Kier molecular flexibility index (Phi) is 5.58. The molecule has 1 aromatic rings. The van der Waals surface area contributed by atoms with E-state index in [2.05, 4.69) is 25.3 Å². The minimum absolute atomic E-state index is 0.00363. The molecule has 0 aliphatic heterocycles. The first kappa shape index (κ1) is 16.0. The van der Waals surface area contributed by atoms with Gasteiger partial charge in [-0.1, -0.05) is 6.92 Å². The summed E-state index contributed by atoms with van der Waals surface area (Å²) < 4.78 is 25.2. The molecule has 0 radical (unpaired) electrons. The number of aromatic nitrogens is 2. The molecule has 3 N–H and O–H groups in total. The highest BCUT2D eigenvalue weighted by molar-refractivity contribution is 7.89. The third kappa shape index (κ3) is 4.59. The monoisotopic (exact) mass is 304 g/mol. The standard InChI is InChI=1S/C9H16N6O4S/c1-3-13-20(18,19)5-4-11-8-7(15(16)17)6-12-9(10-2)14-8/h6,13H,3-5H2,1-2H3,(H2,10,11,12,14). The first-order chi connectivity index (χ1) is 9.39. The van der Waals surface area contributed by atoms with Crippen molar-refractivity contribution in [3.63, 3.8) is 0 Å². The van der Waals surface area contributed by atoms with E-state index in [0.29, 0.717) is 6.54 Å². The summed E-state index contributed by atoms with van der Waals surface area (Å²) in [5, 5.41) is 16.1. The Bertz CT molecular complexity index is 576. The molecule has 0 bridgehead atoms. The number of hydrogen-bond donors (Lipinski definition) is 3. The van der Waals surface area contributed by atoms with Crippen LogP contribution < -0.4 is 15.4 Å². The van der Waals surface area contributed by atoms with E-state index in [9.17, 15) is 18.5 Å². The number of sulfonamides is 1. The summed E-state index contributed by atoms with van der Waals surface area (Å²) >= 11 is 0. The largest absolute Gasteiger partial charge is 0.363 e. The van der Waals surface area contributed by atoms with Crippen molar-refractivity contribution in [3.8, 4) is 0 Å². The molecule has 0 atom stereocenters. The van der Waals surface area contributed by atoms with Crippen LogP contribution in [0.5, 0.6) is 0 Å². The smallest absolute Gasteiger partial charge is 0.329 e. The normalized spacial score (nSPS) is 11.1. The fourth-order valence-corrected chi connectivity index (χ4v) is 2.31. The first-order valence-electron chi connectivity index (χ1n) is 5.80. The van der Waals surface area contributed by atoms with Crippen LogP contribution in [0.3, 0.4) is 0 Å². The number of nitrogens with zero attached hydrogens (tertiary/aromatic N) is 3. The van der Waals surface area contributed by atoms with E-state index in [1.165, 1.54) is 0 Å². The van der Waals surface area contributed by atoms with E-state index in [1.54, 1.807) is 14.0 Å². The highest BCUT2D eigenvalue weighted by Gasteiger charge is 2.17. The lowest BCUT2D eigenvalue weighted by atomic mass is 10.4. The molecule has 0 amide bonds. The van der Waals surface area contributed by atoms with Crippen LogP contribution in [0.25, 0.3) is 0 Å². The van der Waals surface area contributed by atoms with Crippen LogP contribution >= 0.6 is 0 Å². The van der Waals surface area contributed by atoms with Gasteiger partial charge >= 0.3 is 5.69 Å². The average molecular weight is 304 g/mol. The van der Waals surface area contributed by atoms with Gasteiger partial charge in [0.05, 0.1) is 10.7 Å². The minimum atomic E-state index is -3.39. The highest BCUT2D eigenvalue weighted by Crippen LogP contribution is 2.21. The summed E-state index contributed by atoms with van der Waals surface area (Å²) in [4.78, 5) is 17.8. The van der Waals surface area contributed by atoms with Gasteiger partial charge < -0.3 is 10.6 Å². The molecule has 0 aromatic carbocycles. The maximum Gasteiger partial charge on any atom is 0.329 e. The molecule has 0 saturated carbocycles. The van der Waals surface area contributed by atoms with Crippen molar-refractivity contribution in [2.45, 2.75) is 6.92 Å². The number of nitro groups is 1. The van der Waals surface area contributed by atoms with Crippen LogP contribution in [0.1, 0.15) is 6.92 Å². The quantitative estimate of drug-likeness (QED) is 0.442. The van der Waals surface area contributed by atoms with Gasteiger partial charge in [-0.05, 0) is 0 Å². The summed E-state index contributed by atoms with van der Waals surface area (Å²) in [6.07, 6.45) is 1.06. The SMILES string of the molecule is CCNS(=O)(=O)CCNc1nc(NC)ncc1[N+](=O)[O-]. The van der Waals surface area contributed by atoms with Gasteiger partial charge in [-0.25, -0.2) is 18.1 Å². The van der Waals surface area contributed by atoms with E-state index in [4.69, 9.17) is 0 Å². The van der Waals surface area contributed by atoms with Gasteiger partial charge in [0.1, 0.15) is 6.20 Å². The van der Waals surface area contributed by atoms with Gasteiger partial charge in [0.15, 0.2) is 0 Å². The molecule has 11 heteroatoms. The molecule has 1 rings (SSSR count). The van der Waals surface area contributed by atoms with Gasteiger partial charge in [0.2, 0.25) is 21.8 Å². The number of anilines is 2. The number of nitrogens with one attached hydrogen (secondary N) is 3. The van der Waals surface area contributed by atoms with Gasteiger partial charge in [-0.2, -0.15) is 4.98 Å². The topological polar surface area (TPSA) is 139 Å². The van der Waals surface area contributed by atoms with Crippen LogP contribution in [-0.4, -0.2) is 49.2 Å². The molecule has 112 valence electrons. The Labute approximate surface area is 116 Å². The van der Waals surface area contributed by atoms with Crippen molar-refractivity contribution in [1.29, 1.82) is 0 Å². The molecule has 0 aliphatic rings. The summed E-state index contributed by atoms with van der Waals surface area (Å²) in [5.41, 5.74) is -0.315. The Morgan fingerprint density at radius 3 is 2.70 bits per heavy atom. The average Bonchev–Trinajstić information content (AvgIpc) is 2.37. The molecule has 1 heterocycles. The van der Waals surface area contributed by atoms with E-state index in [0.717, 1.165) is 6.20 Å². The van der Waals surface area contributed by atoms with Crippen LogP contribution in [0.15, 0.2) is 6.20 Å². The summed E-state index contributed by atoms with van der Waals surface area (Å²) in [7, 11) is -1.82. The lowest BCUT2D eigenvalue weighted by molar-refractivity contribution is -0.384. The predicted octanol–water partition coefficient (Wildman–Crippen LogP) is -0.222. The summed E-state index contributed by atoms with van der Waals surface area (Å²) in [6, 6.07) is 0. The molecule has 0 aliphatic carbocycles. The van der Waals surface area contributed by atoms with Gasteiger partial charge in [0.25, 0.3) is 0 Å². The molecular weight excluding hydrogens is 288 g/mol. The summed E-state index contributed by atoms with van der Waals surface area (Å²) in [6.45, 7) is 1.95. The lowest BCUT2D eigenvalue weighted by Gasteiger charge is -2.08. The molecule has 0 saturated heterocycles. The molecular formula is C9H16N6O4S. The van der Waals surface area contributed by atoms with Crippen molar-refractivity contribution < 1.29 is 13.3 Å². The Balaban J connectivity index is 2.78. The van der Waals surface area contributed by atoms with Crippen LogP contribution in [0.2, 0.25) is 0 Å². The Hall–Kier alpha value is -2.01. The third-order valence-electron chi connectivity index (χ3n) is 2.22. The van der Waals surface area contributed by atoms with E-state index >= 15 is 0 Å². The Morgan fingerprint density at radius 2 is 2.15 bits per heavy atom. The minimum Gasteiger partial charge on any atom is -0.363 e. The number of hydrogen-bond acceptors (Lipinski definition) is 8. The zero-order valence-electron chi connectivity index (χ0n) is 11.1. The summed E-state index contributed by atoms with van der Waals surface area (Å²) in [5.74, 6) is -0.0367. The first-order valence-corrected chi connectivity index (χ1v) is 7.45. The van der Waals surface area contributed by atoms with E-state index in [1.807, 2.05) is 0 Å². The second-order valence-corrected chi connectivity index (χ2v) is 5.60. The van der Waals surface area contributed by atoms with Crippen LogP contribution in [-0.2, 0) is 10.0 Å².